The van der Waals surface area contributed by atoms with Crippen molar-refractivity contribution in [3.8, 4) is 0 Å². The summed E-state index contributed by atoms with van der Waals surface area (Å²) in [6.45, 7) is 0. The van der Waals surface area contributed by atoms with Crippen molar-refractivity contribution in [1.82, 2.24) is 0 Å². The molecule has 0 heterocycles. The normalized spacial score (nSPS) is 13.3. The lowest BCUT2D eigenvalue weighted by atomic mass is 10.1. The summed E-state index contributed by atoms with van der Waals surface area (Å²) in [7, 11) is 4.95. The molecule has 8 heteroatoms. The fourth-order valence-electron chi connectivity index (χ4n) is 2.57. The zero-order valence-electron chi connectivity index (χ0n) is 17.4. The smallest absolute Gasteiger partial charge is 0.377 e. The van der Waals surface area contributed by atoms with E-state index in [0.717, 1.165) is 24.9 Å². The first-order valence-corrected chi connectivity index (χ1v) is 13.0. The van der Waals surface area contributed by atoms with Gasteiger partial charge < -0.3 is 26.6 Å². The number of hydrogen-bond donors (Lipinski definition) is 0. The number of unbranched alkanes of at least 4 members (excludes halogenated alkanes) is 5. The number of hydrogen-bond acceptors (Lipinski definition) is 6. The Morgan fingerprint density at radius 1 is 0.462 bits per heavy atom. The van der Waals surface area contributed by atoms with Gasteiger partial charge in [-0.25, -0.2) is 0 Å². The molecule has 0 aromatic rings. The summed E-state index contributed by atoms with van der Waals surface area (Å²) in [6, 6.07) is 1.44. The maximum absolute atomic E-state index is 5.39. The van der Waals surface area contributed by atoms with E-state index in [-0.39, 0.29) is 0 Å². The lowest BCUT2D eigenvalue weighted by Crippen LogP contribution is -2.42. The summed E-state index contributed by atoms with van der Waals surface area (Å²) in [5.74, 6) is 0. The third-order valence-electron chi connectivity index (χ3n) is 4.43. The highest BCUT2D eigenvalue weighted by Gasteiger charge is 2.36. The average molecular weight is 407 g/mol. The van der Waals surface area contributed by atoms with Crippen LogP contribution in [0.25, 0.3) is 0 Å². The second-order valence-corrected chi connectivity index (χ2v) is 11.9. The van der Waals surface area contributed by atoms with E-state index in [2.05, 4.69) is 24.3 Å². The second-order valence-electron chi connectivity index (χ2n) is 5.93. The van der Waals surface area contributed by atoms with E-state index in [1.165, 1.54) is 25.7 Å². The molecule has 0 aromatic heterocycles. The molecular formula is C18H38O6Si2. The molecule has 0 rings (SSSR count). The van der Waals surface area contributed by atoms with Crippen LogP contribution >= 0.6 is 0 Å². The Balaban J connectivity index is 3.74. The molecule has 0 N–H and O–H groups in total. The molecule has 0 fully saturated rings. The molecule has 0 unspecified atom stereocenters. The van der Waals surface area contributed by atoms with Crippen molar-refractivity contribution >= 4 is 17.6 Å². The first kappa shape index (κ1) is 25.7. The Hall–Kier alpha value is -0.326. The van der Waals surface area contributed by atoms with E-state index >= 15 is 0 Å². The second kappa shape index (κ2) is 15.7. The molecule has 0 radical (unpaired) electrons. The van der Waals surface area contributed by atoms with Gasteiger partial charge in [0, 0.05) is 54.7 Å². The zero-order chi connectivity index (χ0) is 19.7. The predicted octanol–water partition coefficient (Wildman–Crippen LogP) is 4.20. The van der Waals surface area contributed by atoms with E-state index in [1.54, 1.807) is 42.7 Å². The first-order chi connectivity index (χ1) is 12.6. The third-order valence-corrected chi connectivity index (χ3v) is 9.63. The van der Waals surface area contributed by atoms with Crippen molar-refractivity contribution in [1.29, 1.82) is 0 Å². The lowest BCUT2D eigenvalue weighted by Gasteiger charge is -2.22. The SMILES string of the molecule is CO[Si](C/C=C/CCCCCC/C=C/C[Si](OC)(OC)OC)(OC)OC. The van der Waals surface area contributed by atoms with E-state index in [9.17, 15) is 0 Å². The highest BCUT2D eigenvalue weighted by atomic mass is 28.4. The molecule has 0 aromatic carbocycles. The molecule has 0 atom stereocenters. The van der Waals surface area contributed by atoms with Crippen LogP contribution in [0.4, 0.5) is 0 Å². The molecule has 0 saturated carbocycles. The van der Waals surface area contributed by atoms with Crippen LogP contribution in [0.5, 0.6) is 0 Å². The summed E-state index contributed by atoms with van der Waals surface area (Å²) in [4.78, 5) is 0. The quantitative estimate of drug-likeness (QED) is 0.205. The van der Waals surface area contributed by atoms with Crippen molar-refractivity contribution in [3.05, 3.63) is 24.3 Å². The van der Waals surface area contributed by atoms with Crippen molar-refractivity contribution in [2.24, 2.45) is 0 Å². The molecule has 0 aliphatic carbocycles. The number of allylic oxidation sites excluding steroid dienone is 4. The van der Waals surface area contributed by atoms with E-state index in [0.29, 0.717) is 0 Å². The Labute approximate surface area is 162 Å². The summed E-state index contributed by atoms with van der Waals surface area (Å²) >= 11 is 0. The summed E-state index contributed by atoms with van der Waals surface area (Å²) < 4.78 is 32.3. The van der Waals surface area contributed by atoms with Gasteiger partial charge >= 0.3 is 17.6 Å². The topological polar surface area (TPSA) is 55.4 Å². The average Bonchev–Trinajstić information content (AvgIpc) is 2.69. The van der Waals surface area contributed by atoms with Gasteiger partial charge in [-0.3, -0.25) is 0 Å². The monoisotopic (exact) mass is 406 g/mol. The van der Waals surface area contributed by atoms with Crippen molar-refractivity contribution < 1.29 is 26.6 Å². The van der Waals surface area contributed by atoms with Gasteiger partial charge in [0.05, 0.1) is 0 Å². The zero-order valence-corrected chi connectivity index (χ0v) is 19.4. The van der Waals surface area contributed by atoms with Crippen LogP contribution in [0.1, 0.15) is 38.5 Å². The number of rotatable bonds is 17. The van der Waals surface area contributed by atoms with Gasteiger partial charge in [0.2, 0.25) is 0 Å². The maximum atomic E-state index is 5.39. The van der Waals surface area contributed by atoms with Crippen LogP contribution < -0.4 is 0 Å². The van der Waals surface area contributed by atoms with E-state index in [1.807, 2.05) is 0 Å². The van der Waals surface area contributed by atoms with Crippen LogP contribution in [0.15, 0.2) is 24.3 Å². The van der Waals surface area contributed by atoms with Crippen LogP contribution in [-0.2, 0) is 26.6 Å². The van der Waals surface area contributed by atoms with Crippen LogP contribution in [0.3, 0.4) is 0 Å². The van der Waals surface area contributed by atoms with E-state index < -0.39 is 17.6 Å². The molecular weight excluding hydrogens is 368 g/mol. The first-order valence-electron chi connectivity index (χ1n) is 9.18. The van der Waals surface area contributed by atoms with Crippen molar-refractivity contribution in [2.75, 3.05) is 42.7 Å². The molecule has 0 amide bonds. The predicted molar refractivity (Wildman–Crippen MR) is 109 cm³/mol. The fraction of sp³-hybridized carbons (Fsp3) is 0.778. The molecule has 0 aliphatic rings. The summed E-state index contributed by atoms with van der Waals surface area (Å²) in [5.41, 5.74) is 0. The Kier molecular flexibility index (Phi) is 15.5. The van der Waals surface area contributed by atoms with Crippen molar-refractivity contribution in [2.45, 2.75) is 50.6 Å². The van der Waals surface area contributed by atoms with Gasteiger partial charge in [-0.1, -0.05) is 37.1 Å². The highest BCUT2D eigenvalue weighted by molar-refractivity contribution is 6.61. The third kappa shape index (κ3) is 10.1. The van der Waals surface area contributed by atoms with Crippen molar-refractivity contribution in [3.63, 3.8) is 0 Å². The molecule has 0 saturated heterocycles. The molecule has 0 spiro atoms. The van der Waals surface area contributed by atoms with Gasteiger partial charge in [0.1, 0.15) is 0 Å². The van der Waals surface area contributed by atoms with Crippen LogP contribution in [0, 0.1) is 0 Å². The minimum atomic E-state index is -2.45. The Bertz CT molecular complexity index is 329. The molecule has 0 bridgehead atoms. The molecule has 154 valence electrons. The standard InChI is InChI=1S/C18H38O6Si2/c1-19-25(20-2,21-3)17-15-13-11-9-7-8-10-12-14-16-18-26(22-4,23-5)24-6/h13-16H,7-12,17-18H2,1-6H3/b15-13+,16-14+. The van der Waals surface area contributed by atoms with Gasteiger partial charge in [0.15, 0.2) is 0 Å². The Morgan fingerprint density at radius 2 is 0.769 bits per heavy atom. The summed E-state index contributed by atoms with van der Waals surface area (Å²) in [6.07, 6.45) is 15.7. The maximum Gasteiger partial charge on any atom is 0.504 e. The summed E-state index contributed by atoms with van der Waals surface area (Å²) in [5, 5.41) is 0. The van der Waals surface area contributed by atoms with Gasteiger partial charge in [-0.15, -0.1) is 0 Å². The van der Waals surface area contributed by atoms with Gasteiger partial charge in [-0.05, 0) is 25.7 Å². The minimum absolute atomic E-state index is 0.719. The highest BCUT2D eigenvalue weighted by Crippen LogP contribution is 2.15. The molecule has 26 heavy (non-hydrogen) atoms. The minimum Gasteiger partial charge on any atom is -0.377 e. The van der Waals surface area contributed by atoms with Crippen LogP contribution in [0.2, 0.25) is 12.1 Å². The molecule has 6 nitrogen and oxygen atoms in total. The fourth-order valence-corrected chi connectivity index (χ4v) is 5.48. The van der Waals surface area contributed by atoms with Gasteiger partial charge in [0.25, 0.3) is 0 Å². The lowest BCUT2D eigenvalue weighted by molar-refractivity contribution is 0.126. The van der Waals surface area contributed by atoms with E-state index in [4.69, 9.17) is 26.6 Å². The molecule has 0 aliphatic heterocycles. The van der Waals surface area contributed by atoms with Gasteiger partial charge in [-0.2, -0.15) is 0 Å². The largest absolute Gasteiger partial charge is 0.504 e. The Morgan fingerprint density at radius 3 is 1.04 bits per heavy atom. The van der Waals surface area contributed by atoms with Crippen LogP contribution in [-0.4, -0.2) is 60.3 Å².